The summed E-state index contributed by atoms with van der Waals surface area (Å²) >= 11 is 1.75. The van der Waals surface area contributed by atoms with Gasteiger partial charge in [0.25, 0.3) is 0 Å². The van der Waals surface area contributed by atoms with E-state index in [4.69, 9.17) is 0 Å². The van der Waals surface area contributed by atoms with Crippen LogP contribution >= 0.6 is 35.3 Å². The molecule has 0 aromatic carbocycles. The number of thiazole rings is 1. The Morgan fingerprint density at radius 1 is 1.40 bits per heavy atom. The molecule has 6 heteroatoms. The summed E-state index contributed by atoms with van der Waals surface area (Å²) in [7, 11) is 0. The minimum absolute atomic E-state index is 0. The number of rotatable bonds is 7. The third kappa shape index (κ3) is 8.73. The summed E-state index contributed by atoms with van der Waals surface area (Å²) in [5.41, 5.74) is 1.12. The van der Waals surface area contributed by atoms with Crippen molar-refractivity contribution in [2.24, 2.45) is 10.9 Å². The SMILES string of the molecule is CCNC(=NCC(C)C)NCCCc1nc(C)cs1.I. The number of hydrogen-bond acceptors (Lipinski definition) is 3. The maximum atomic E-state index is 4.54. The standard InChI is InChI=1S/C14H26N4S.HI/c1-5-15-14(17-9-11(2)3)16-8-6-7-13-18-12(4)10-19-13;/h10-11H,5-9H2,1-4H3,(H2,15,16,17);1H. The molecule has 0 atom stereocenters. The quantitative estimate of drug-likeness (QED) is 0.314. The van der Waals surface area contributed by atoms with E-state index in [2.05, 4.69) is 46.8 Å². The molecule has 4 nitrogen and oxygen atoms in total. The number of aliphatic imine (C=N–C) groups is 1. The number of aromatic nitrogens is 1. The van der Waals surface area contributed by atoms with Crippen molar-refractivity contribution in [3.05, 3.63) is 16.1 Å². The van der Waals surface area contributed by atoms with Gasteiger partial charge in [-0.3, -0.25) is 4.99 Å². The smallest absolute Gasteiger partial charge is 0.191 e. The van der Waals surface area contributed by atoms with E-state index in [9.17, 15) is 0 Å². The summed E-state index contributed by atoms with van der Waals surface area (Å²) in [6, 6.07) is 0. The summed E-state index contributed by atoms with van der Waals surface area (Å²) in [6.45, 7) is 11.2. The first-order chi connectivity index (χ1) is 9.11. The zero-order valence-electron chi connectivity index (χ0n) is 12.9. The molecule has 0 amide bonds. The third-order valence-corrected chi connectivity index (χ3v) is 3.51. The lowest BCUT2D eigenvalue weighted by Gasteiger charge is -2.11. The van der Waals surface area contributed by atoms with Crippen LogP contribution in [0.4, 0.5) is 0 Å². The van der Waals surface area contributed by atoms with Crippen LogP contribution < -0.4 is 10.6 Å². The van der Waals surface area contributed by atoms with Gasteiger partial charge in [-0.25, -0.2) is 4.98 Å². The molecule has 20 heavy (non-hydrogen) atoms. The topological polar surface area (TPSA) is 49.3 Å². The molecular formula is C14H27IN4S. The molecule has 0 unspecified atom stereocenters. The van der Waals surface area contributed by atoms with Crippen LogP contribution in [-0.2, 0) is 6.42 Å². The van der Waals surface area contributed by atoms with Crippen molar-refractivity contribution in [1.29, 1.82) is 0 Å². The van der Waals surface area contributed by atoms with Crippen LogP contribution in [0.5, 0.6) is 0 Å². The first-order valence-electron chi connectivity index (χ1n) is 7.05. The lowest BCUT2D eigenvalue weighted by molar-refractivity contribution is 0.654. The Bertz CT molecular complexity index is 390. The van der Waals surface area contributed by atoms with Crippen LogP contribution in [0.1, 0.15) is 37.9 Å². The fourth-order valence-corrected chi connectivity index (χ4v) is 2.40. The Kier molecular flexibility index (Phi) is 11.1. The van der Waals surface area contributed by atoms with Gasteiger partial charge in [0.05, 0.1) is 5.01 Å². The van der Waals surface area contributed by atoms with E-state index in [-0.39, 0.29) is 24.0 Å². The summed E-state index contributed by atoms with van der Waals surface area (Å²) in [4.78, 5) is 9.01. The second-order valence-corrected chi connectivity index (χ2v) is 5.97. The minimum atomic E-state index is 0. The van der Waals surface area contributed by atoms with Crippen molar-refractivity contribution in [3.63, 3.8) is 0 Å². The predicted octanol–water partition coefficient (Wildman–Crippen LogP) is 3.21. The van der Waals surface area contributed by atoms with Crippen molar-refractivity contribution >= 4 is 41.3 Å². The van der Waals surface area contributed by atoms with Gasteiger partial charge in [0.2, 0.25) is 0 Å². The zero-order chi connectivity index (χ0) is 14.1. The highest BCUT2D eigenvalue weighted by atomic mass is 127. The Labute approximate surface area is 143 Å². The van der Waals surface area contributed by atoms with Gasteiger partial charge in [-0.2, -0.15) is 0 Å². The first kappa shape index (κ1) is 19.6. The van der Waals surface area contributed by atoms with Crippen molar-refractivity contribution in [3.8, 4) is 0 Å². The van der Waals surface area contributed by atoms with Gasteiger partial charge in [-0.1, -0.05) is 13.8 Å². The molecule has 0 fully saturated rings. The lowest BCUT2D eigenvalue weighted by atomic mass is 10.2. The number of nitrogens with one attached hydrogen (secondary N) is 2. The molecule has 0 saturated heterocycles. The lowest BCUT2D eigenvalue weighted by Crippen LogP contribution is -2.38. The summed E-state index contributed by atoms with van der Waals surface area (Å²) < 4.78 is 0. The first-order valence-corrected chi connectivity index (χ1v) is 7.93. The summed E-state index contributed by atoms with van der Waals surface area (Å²) in [6.07, 6.45) is 2.12. The summed E-state index contributed by atoms with van der Waals surface area (Å²) in [5.74, 6) is 1.51. The molecule has 0 aliphatic rings. The van der Waals surface area contributed by atoms with Crippen LogP contribution in [0, 0.1) is 12.8 Å². The number of aryl methyl sites for hydroxylation is 2. The van der Waals surface area contributed by atoms with Gasteiger partial charge in [-0.05, 0) is 26.2 Å². The van der Waals surface area contributed by atoms with Crippen LogP contribution in [0.25, 0.3) is 0 Å². The van der Waals surface area contributed by atoms with E-state index in [1.807, 2.05) is 6.92 Å². The van der Waals surface area contributed by atoms with Gasteiger partial charge in [0, 0.05) is 37.1 Å². The number of hydrogen-bond donors (Lipinski definition) is 2. The monoisotopic (exact) mass is 410 g/mol. The van der Waals surface area contributed by atoms with E-state index in [1.165, 1.54) is 5.01 Å². The van der Waals surface area contributed by atoms with E-state index in [0.717, 1.165) is 44.1 Å². The Morgan fingerprint density at radius 3 is 2.70 bits per heavy atom. The number of guanidine groups is 1. The molecule has 0 spiro atoms. The Balaban J connectivity index is 0.00000361. The van der Waals surface area contributed by atoms with Gasteiger partial charge >= 0.3 is 0 Å². The van der Waals surface area contributed by atoms with Crippen molar-refractivity contribution in [2.45, 2.75) is 40.5 Å². The fraction of sp³-hybridized carbons (Fsp3) is 0.714. The van der Waals surface area contributed by atoms with Gasteiger partial charge in [0.1, 0.15) is 0 Å². The maximum absolute atomic E-state index is 4.54. The molecule has 1 aromatic rings. The average Bonchev–Trinajstić information content (AvgIpc) is 2.77. The predicted molar refractivity (Wildman–Crippen MR) is 99.4 cm³/mol. The highest BCUT2D eigenvalue weighted by Crippen LogP contribution is 2.10. The molecule has 1 aromatic heterocycles. The van der Waals surface area contributed by atoms with E-state index >= 15 is 0 Å². The minimum Gasteiger partial charge on any atom is -0.357 e. The molecule has 0 bridgehead atoms. The molecule has 0 saturated carbocycles. The molecule has 0 radical (unpaired) electrons. The Hall–Kier alpha value is -0.370. The molecule has 0 aliphatic heterocycles. The fourth-order valence-electron chi connectivity index (χ4n) is 1.58. The molecule has 116 valence electrons. The maximum Gasteiger partial charge on any atom is 0.191 e. The van der Waals surface area contributed by atoms with E-state index in [0.29, 0.717) is 5.92 Å². The van der Waals surface area contributed by atoms with Gasteiger partial charge < -0.3 is 10.6 Å². The van der Waals surface area contributed by atoms with Crippen molar-refractivity contribution in [1.82, 2.24) is 15.6 Å². The van der Waals surface area contributed by atoms with Crippen LogP contribution in [0.3, 0.4) is 0 Å². The van der Waals surface area contributed by atoms with Gasteiger partial charge in [-0.15, -0.1) is 35.3 Å². The normalized spacial score (nSPS) is 11.3. The van der Waals surface area contributed by atoms with Crippen LogP contribution in [0.15, 0.2) is 10.4 Å². The van der Waals surface area contributed by atoms with Gasteiger partial charge in [0.15, 0.2) is 5.96 Å². The third-order valence-electron chi connectivity index (χ3n) is 2.49. The highest BCUT2D eigenvalue weighted by Gasteiger charge is 2.00. The molecule has 1 heterocycles. The second-order valence-electron chi connectivity index (χ2n) is 5.03. The van der Waals surface area contributed by atoms with Crippen LogP contribution in [-0.4, -0.2) is 30.6 Å². The van der Waals surface area contributed by atoms with E-state index in [1.54, 1.807) is 11.3 Å². The average molecular weight is 410 g/mol. The van der Waals surface area contributed by atoms with E-state index < -0.39 is 0 Å². The highest BCUT2D eigenvalue weighted by molar-refractivity contribution is 14.0. The zero-order valence-corrected chi connectivity index (χ0v) is 16.0. The largest absolute Gasteiger partial charge is 0.357 e. The molecule has 1 rings (SSSR count). The Morgan fingerprint density at radius 2 is 2.15 bits per heavy atom. The molecular weight excluding hydrogens is 383 g/mol. The second kappa shape index (κ2) is 11.3. The van der Waals surface area contributed by atoms with Crippen molar-refractivity contribution < 1.29 is 0 Å². The summed E-state index contributed by atoms with van der Waals surface area (Å²) in [5, 5.41) is 9.97. The number of halogens is 1. The molecule has 0 aliphatic carbocycles. The number of nitrogens with zero attached hydrogens (tertiary/aromatic N) is 2. The van der Waals surface area contributed by atoms with Crippen molar-refractivity contribution in [2.75, 3.05) is 19.6 Å². The molecule has 2 N–H and O–H groups in total. The van der Waals surface area contributed by atoms with Crippen LogP contribution in [0.2, 0.25) is 0 Å².